The van der Waals surface area contributed by atoms with E-state index in [9.17, 15) is 13.2 Å². The fourth-order valence-corrected chi connectivity index (χ4v) is 1.85. The minimum Gasteiger partial charge on any atom is -0.389 e. The van der Waals surface area contributed by atoms with Crippen LogP contribution in [0.25, 0.3) is 0 Å². The fourth-order valence-electron chi connectivity index (χ4n) is 1.68. The standard InChI is InChI=1S/C14H19F3N2OS/c1-2-3-7-20-8-6-19-12-5-4-10(14(15,16)17)9-11(12)13(18)21/h4-5,9,19H,2-3,6-8H2,1H3,(H2,18,21). The zero-order chi connectivity index (χ0) is 15.9. The molecule has 1 rings (SSSR count). The van der Waals surface area contributed by atoms with Gasteiger partial charge in [-0.1, -0.05) is 25.6 Å². The Labute approximate surface area is 127 Å². The molecule has 0 heterocycles. The van der Waals surface area contributed by atoms with Crippen LogP contribution in [0.4, 0.5) is 18.9 Å². The molecule has 0 bridgehead atoms. The summed E-state index contributed by atoms with van der Waals surface area (Å²) in [6.07, 6.45) is -2.38. The lowest BCUT2D eigenvalue weighted by Crippen LogP contribution is -2.17. The number of rotatable bonds is 8. The number of nitrogens with one attached hydrogen (secondary N) is 1. The highest BCUT2D eigenvalue weighted by Gasteiger charge is 2.31. The largest absolute Gasteiger partial charge is 0.416 e. The quantitative estimate of drug-likeness (QED) is 0.568. The molecule has 118 valence electrons. The van der Waals surface area contributed by atoms with Crippen LogP contribution in [-0.4, -0.2) is 24.7 Å². The van der Waals surface area contributed by atoms with Gasteiger partial charge in [-0.3, -0.25) is 0 Å². The van der Waals surface area contributed by atoms with E-state index in [0.29, 0.717) is 25.4 Å². The predicted molar refractivity (Wildman–Crippen MR) is 81.5 cm³/mol. The monoisotopic (exact) mass is 320 g/mol. The maximum Gasteiger partial charge on any atom is 0.416 e. The molecule has 0 radical (unpaired) electrons. The molecule has 0 aromatic heterocycles. The lowest BCUT2D eigenvalue weighted by molar-refractivity contribution is -0.137. The molecule has 0 atom stereocenters. The van der Waals surface area contributed by atoms with Crippen LogP contribution in [0, 0.1) is 0 Å². The molecule has 0 aliphatic carbocycles. The Bertz CT molecular complexity index is 478. The van der Waals surface area contributed by atoms with E-state index < -0.39 is 11.7 Å². The van der Waals surface area contributed by atoms with Crippen molar-refractivity contribution < 1.29 is 17.9 Å². The smallest absolute Gasteiger partial charge is 0.389 e. The van der Waals surface area contributed by atoms with Gasteiger partial charge in [0.1, 0.15) is 4.99 Å². The molecule has 0 saturated carbocycles. The minimum absolute atomic E-state index is 0.0736. The van der Waals surface area contributed by atoms with Gasteiger partial charge in [-0.15, -0.1) is 0 Å². The summed E-state index contributed by atoms with van der Waals surface area (Å²) in [6.45, 7) is 3.69. The molecule has 1 aromatic carbocycles. The third-order valence-corrected chi connectivity index (χ3v) is 3.04. The zero-order valence-corrected chi connectivity index (χ0v) is 12.6. The van der Waals surface area contributed by atoms with Crippen molar-refractivity contribution in [2.45, 2.75) is 25.9 Å². The molecule has 21 heavy (non-hydrogen) atoms. The first kappa shape index (κ1) is 17.7. The number of benzene rings is 1. The van der Waals surface area contributed by atoms with E-state index in [1.165, 1.54) is 6.07 Å². The van der Waals surface area contributed by atoms with Crippen LogP contribution in [0.5, 0.6) is 0 Å². The Balaban J connectivity index is 2.67. The van der Waals surface area contributed by atoms with Gasteiger partial charge in [0.25, 0.3) is 0 Å². The van der Waals surface area contributed by atoms with Crippen molar-refractivity contribution in [1.29, 1.82) is 0 Å². The lowest BCUT2D eigenvalue weighted by Gasteiger charge is -2.14. The van der Waals surface area contributed by atoms with Crippen LogP contribution in [0.15, 0.2) is 18.2 Å². The van der Waals surface area contributed by atoms with Gasteiger partial charge in [0.05, 0.1) is 12.2 Å². The molecule has 0 unspecified atom stereocenters. The van der Waals surface area contributed by atoms with Crippen LogP contribution >= 0.6 is 12.2 Å². The number of anilines is 1. The highest BCUT2D eigenvalue weighted by molar-refractivity contribution is 7.80. The van der Waals surface area contributed by atoms with E-state index >= 15 is 0 Å². The van der Waals surface area contributed by atoms with Gasteiger partial charge >= 0.3 is 6.18 Å². The molecule has 3 N–H and O–H groups in total. The maximum absolute atomic E-state index is 12.7. The van der Waals surface area contributed by atoms with Gasteiger partial charge in [0.2, 0.25) is 0 Å². The average Bonchev–Trinajstić information content (AvgIpc) is 2.41. The predicted octanol–water partition coefficient (Wildman–Crippen LogP) is 3.57. The Morgan fingerprint density at radius 2 is 2.05 bits per heavy atom. The lowest BCUT2D eigenvalue weighted by atomic mass is 10.1. The summed E-state index contributed by atoms with van der Waals surface area (Å²) in [4.78, 5) is -0.0736. The Morgan fingerprint density at radius 1 is 1.33 bits per heavy atom. The van der Waals surface area contributed by atoms with Gasteiger partial charge in [-0.2, -0.15) is 13.2 Å². The molecule has 1 aromatic rings. The van der Waals surface area contributed by atoms with Gasteiger partial charge in [0, 0.05) is 24.4 Å². The first-order chi connectivity index (χ1) is 9.86. The molecule has 0 spiro atoms. The summed E-state index contributed by atoms with van der Waals surface area (Å²) < 4.78 is 43.4. The van der Waals surface area contributed by atoms with E-state index in [1.807, 2.05) is 0 Å². The number of halogens is 3. The van der Waals surface area contributed by atoms with Crippen LogP contribution in [0.2, 0.25) is 0 Å². The number of nitrogens with two attached hydrogens (primary N) is 1. The normalized spacial score (nSPS) is 11.4. The molecular formula is C14H19F3N2OS. The van der Waals surface area contributed by atoms with E-state index in [-0.39, 0.29) is 10.6 Å². The summed E-state index contributed by atoms with van der Waals surface area (Å²) in [7, 11) is 0. The van der Waals surface area contributed by atoms with Crippen LogP contribution < -0.4 is 11.1 Å². The van der Waals surface area contributed by atoms with Crippen molar-refractivity contribution in [3.8, 4) is 0 Å². The molecule has 0 fully saturated rings. The molecule has 3 nitrogen and oxygen atoms in total. The van der Waals surface area contributed by atoms with Crippen molar-refractivity contribution in [3.63, 3.8) is 0 Å². The Kier molecular flexibility index (Phi) is 6.91. The number of hydrogen-bond acceptors (Lipinski definition) is 3. The first-order valence-electron chi connectivity index (χ1n) is 6.69. The molecule has 0 saturated heterocycles. The third-order valence-electron chi connectivity index (χ3n) is 2.82. The second-order valence-corrected chi connectivity index (χ2v) is 4.95. The molecule has 7 heteroatoms. The highest BCUT2D eigenvalue weighted by Crippen LogP contribution is 2.31. The van der Waals surface area contributed by atoms with E-state index in [2.05, 4.69) is 12.2 Å². The summed E-state index contributed by atoms with van der Waals surface area (Å²) in [5, 5.41) is 2.99. The van der Waals surface area contributed by atoms with Crippen LogP contribution in [0.3, 0.4) is 0 Å². The Hall–Kier alpha value is -1.34. The van der Waals surface area contributed by atoms with E-state index in [1.54, 1.807) is 0 Å². The average molecular weight is 320 g/mol. The number of alkyl halides is 3. The van der Waals surface area contributed by atoms with Gasteiger partial charge in [0.15, 0.2) is 0 Å². The number of hydrogen-bond donors (Lipinski definition) is 2. The second kappa shape index (κ2) is 8.19. The van der Waals surface area contributed by atoms with E-state index in [0.717, 1.165) is 25.0 Å². The summed E-state index contributed by atoms with van der Waals surface area (Å²) >= 11 is 4.81. The van der Waals surface area contributed by atoms with Gasteiger partial charge in [-0.25, -0.2) is 0 Å². The van der Waals surface area contributed by atoms with Crippen molar-refractivity contribution in [1.82, 2.24) is 0 Å². The van der Waals surface area contributed by atoms with Gasteiger partial charge < -0.3 is 15.8 Å². The van der Waals surface area contributed by atoms with Crippen molar-refractivity contribution >= 4 is 22.9 Å². The zero-order valence-electron chi connectivity index (χ0n) is 11.8. The maximum atomic E-state index is 12.7. The number of ether oxygens (including phenoxy) is 1. The van der Waals surface area contributed by atoms with Gasteiger partial charge in [-0.05, 0) is 24.6 Å². The van der Waals surface area contributed by atoms with Crippen LogP contribution in [-0.2, 0) is 10.9 Å². The Morgan fingerprint density at radius 3 is 2.62 bits per heavy atom. The SMILES string of the molecule is CCCCOCCNc1ccc(C(F)(F)F)cc1C(N)=S. The van der Waals surface area contributed by atoms with E-state index in [4.69, 9.17) is 22.7 Å². The van der Waals surface area contributed by atoms with Crippen LogP contribution in [0.1, 0.15) is 30.9 Å². The topological polar surface area (TPSA) is 47.3 Å². The fraction of sp³-hybridized carbons (Fsp3) is 0.500. The molecule has 0 aliphatic heterocycles. The molecular weight excluding hydrogens is 301 g/mol. The second-order valence-electron chi connectivity index (χ2n) is 4.52. The summed E-state index contributed by atoms with van der Waals surface area (Å²) in [6, 6.07) is 3.30. The van der Waals surface area contributed by atoms with Crippen molar-refractivity contribution in [2.75, 3.05) is 25.1 Å². The molecule has 0 amide bonds. The summed E-state index contributed by atoms with van der Waals surface area (Å²) in [5.74, 6) is 0. The minimum atomic E-state index is -4.42. The summed E-state index contributed by atoms with van der Waals surface area (Å²) in [5.41, 5.74) is 5.39. The van der Waals surface area contributed by atoms with Crippen molar-refractivity contribution in [2.24, 2.45) is 5.73 Å². The highest BCUT2D eigenvalue weighted by atomic mass is 32.1. The first-order valence-corrected chi connectivity index (χ1v) is 7.09. The number of unbranched alkanes of at least 4 members (excludes halogenated alkanes) is 1. The van der Waals surface area contributed by atoms with Crippen molar-refractivity contribution in [3.05, 3.63) is 29.3 Å². The number of thiocarbonyl (C=S) groups is 1. The molecule has 0 aliphatic rings. The third kappa shape index (κ3) is 5.89.